The summed E-state index contributed by atoms with van der Waals surface area (Å²) in [5.74, 6) is 3.25. The van der Waals surface area contributed by atoms with Crippen LogP contribution < -0.4 is 5.30 Å². The number of alkyl halides is 3. The Morgan fingerprint density at radius 2 is 1.62 bits per heavy atom. The Bertz CT molecular complexity index is 1350. The molecular formula is C28H35F3N5O2P. The van der Waals surface area contributed by atoms with Crippen molar-refractivity contribution >= 4 is 18.5 Å². The first-order chi connectivity index (χ1) is 18.3. The van der Waals surface area contributed by atoms with Crippen molar-refractivity contribution in [1.29, 1.82) is 0 Å². The highest BCUT2D eigenvalue weighted by molar-refractivity contribution is 7.70. The van der Waals surface area contributed by atoms with E-state index < -0.39 is 18.9 Å². The maximum Gasteiger partial charge on any atom is 0.416 e. The Hall–Kier alpha value is -2.35. The number of likely N-dealkylation sites (tertiary alicyclic amines) is 2. The second-order valence-electron chi connectivity index (χ2n) is 13.7. The summed E-state index contributed by atoms with van der Waals surface area (Å²) >= 11 is 0. The Morgan fingerprint density at radius 3 is 2.18 bits per heavy atom. The number of aromatic nitrogens is 3. The van der Waals surface area contributed by atoms with E-state index in [1.165, 1.54) is 32.2 Å². The summed E-state index contributed by atoms with van der Waals surface area (Å²) in [5, 5.41) is 7.82. The molecule has 1 aromatic heterocycles. The van der Waals surface area contributed by atoms with Gasteiger partial charge in [0.1, 0.15) is 13.0 Å². The maximum atomic E-state index is 13.4. The number of urea groups is 1. The van der Waals surface area contributed by atoms with Gasteiger partial charge in [0.2, 0.25) is 0 Å². The summed E-state index contributed by atoms with van der Waals surface area (Å²) in [6.45, 7) is 6.12. The summed E-state index contributed by atoms with van der Waals surface area (Å²) in [7, 11) is -2.81. The van der Waals surface area contributed by atoms with Crippen LogP contribution in [0.4, 0.5) is 18.0 Å². The molecule has 3 aliphatic carbocycles. The van der Waals surface area contributed by atoms with Gasteiger partial charge in [0.25, 0.3) is 0 Å². The van der Waals surface area contributed by atoms with Gasteiger partial charge in [-0.25, -0.2) is 9.78 Å². The van der Waals surface area contributed by atoms with E-state index in [1.807, 2.05) is 9.80 Å². The van der Waals surface area contributed by atoms with Crippen LogP contribution in [0.2, 0.25) is 0 Å². The van der Waals surface area contributed by atoms with E-state index in [9.17, 15) is 22.5 Å². The molecule has 1 aromatic carbocycles. The molecule has 2 spiro atoms. The fourth-order valence-electron chi connectivity index (χ4n) is 7.60. The summed E-state index contributed by atoms with van der Waals surface area (Å²) in [5.41, 5.74) is 0.233. The first-order valence-electron chi connectivity index (χ1n) is 14.0. The number of aromatic amines is 1. The highest BCUT2D eigenvalue weighted by Crippen LogP contribution is 2.57. The molecule has 5 aliphatic rings. The molecule has 7 rings (SSSR count). The molecule has 2 aliphatic heterocycles. The van der Waals surface area contributed by atoms with Gasteiger partial charge in [0, 0.05) is 54.1 Å². The molecule has 0 unspecified atom stereocenters. The molecule has 11 heteroatoms. The predicted molar refractivity (Wildman–Crippen MR) is 141 cm³/mol. The van der Waals surface area contributed by atoms with Crippen molar-refractivity contribution in [2.24, 2.45) is 16.7 Å². The maximum absolute atomic E-state index is 13.4. The Morgan fingerprint density at radius 1 is 1.00 bits per heavy atom. The summed E-state index contributed by atoms with van der Waals surface area (Å²) < 4.78 is 52.8. The third kappa shape index (κ3) is 4.60. The quantitative estimate of drug-likeness (QED) is 0.509. The van der Waals surface area contributed by atoms with Crippen molar-refractivity contribution in [3.63, 3.8) is 0 Å². The van der Waals surface area contributed by atoms with E-state index in [0.717, 1.165) is 69.6 Å². The molecule has 2 saturated heterocycles. The van der Waals surface area contributed by atoms with Crippen LogP contribution in [0.1, 0.15) is 73.1 Å². The van der Waals surface area contributed by atoms with Crippen molar-refractivity contribution in [3.8, 4) is 0 Å². The van der Waals surface area contributed by atoms with E-state index in [4.69, 9.17) is 4.98 Å². The first kappa shape index (κ1) is 25.6. The van der Waals surface area contributed by atoms with Gasteiger partial charge in [-0.1, -0.05) is 0 Å². The van der Waals surface area contributed by atoms with Gasteiger partial charge < -0.3 is 14.4 Å². The van der Waals surface area contributed by atoms with Gasteiger partial charge in [0.15, 0.2) is 5.82 Å². The van der Waals surface area contributed by atoms with Crippen molar-refractivity contribution in [3.05, 3.63) is 41.0 Å². The minimum atomic E-state index is -4.46. The van der Waals surface area contributed by atoms with E-state index in [1.54, 1.807) is 6.07 Å². The average molecular weight is 562 g/mol. The zero-order valence-electron chi connectivity index (χ0n) is 22.4. The van der Waals surface area contributed by atoms with Gasteiger partial charge in [-0.15, -0.1) is 0 Å². The number of rotatable bonds is 5. The number of carbonyl (C=O) groups excluding carboxylic acids is 1. The van der Waals surface area contributed by atoms with Crippen LogP contribution in [-0.4, -0.2) is 70.5 Å². The zero-order valence-corrected chi connectivity index (χ0v) is 23.3. The predicted octanol–water partition coefficient (Wildman–Crippen LogP) is 5.20. The molecule has 5 fully saturated rings. The molecule has 3 heterocycles. The zero-order chi connectivity index (χ0) is 27.4. The molecule has 2 amide bonds. The van der Waals surface area contributed by atoms with E-state index >= 15 is 0 Å². The topological polar surface area (TPSA) is 82.2 Å². The summed E-state index contributed by atoms with van der Waals surface area (Å²) in [6.07, 6.45) is 2.44. The minimum Gasteiger partial charge on any atom is -0.323 e. The highest BCUT2D eigenvalue weighted by Gasteiger charge is 2.58. The third-order valence-electron chi connectivity index (χ3n) is 9.75. The standard InChI is InChI=1S/C28H35F3N5O2P/c1-39(2,38)22-7-17(6-21(8-22)28(29,30)31)5-18-9-26(10-18)13-35(14-26)25(37)36-15-27(16-36)11-20(12-27)24-32-23(33-34-24)19-3-4-19/h6-8,18-20H,3-5,9-16H2,1-2H3,(H,32,33,34). The number of benzene rings is 1. The van der Waals surface area contributed by atoms with Crippen molar-refractivity contribution in [2.75, 3.05) is 39.5 Å². The molecule has 210 valence electrons. The van der Waals surface area contributed by atoms with Gasteiger partial charge in [0.05, 0.1) is 5.56 Å². The average Bonchev–Trinajstić information content (AvgIpc) is 3.48. The molecule has 7 nitrogen and oxygen atoms in total. The normalized spacial score (nSPS) is 24.3. The van der Waals surface area contributed by atoms with Crippen LogP contribution in [0.25, 0.3) is 0 Å². The monoisotopic (exact) mass is 561 g/mol. The van der Waals surface area contributed by atoms with Crippen LogP contribution in [0, 0.1) is 16.7 Å². The van der Waals surface area contributed by atoms with Crippen molar-refractivity contribution in [1.82, 2.24) is 25.0 Å². The van der Waals surface area contributed by atoms with Crippen molar-refractivity contribution in [2.45, 2.75) is 63.0 Å². The van der Waals surface area contributed by atoms with Crippen LogP contribution in [0.5, 0.6) is 0 Å². The number of H-pyrrole nitrogens is 1. The van der Waals surface area contributed by atoms with E-state index in [2.05, 4.69) is 10.2 Å². The van der Waals surface area contributed by atoms with Crippen LogP contribution in [0.3, 0.4) is 0 Å². The van der Waals surface area contributed by atoms with E-state index in [-0.39, 0.29) is 22.2 Å². The number of hydrogen-bond donors (Lipinski definition) is 1. The van der Waals surface area contributed by atoms with Crippen molar-refractivity contribution < 1.29 is 22.5 Å². The number of nitrogens with one attached hydrogen (secondary N) is 1. The minimum absolute atomic E-state index is 0.116. The van der Waals surface area contributed by atoms with Crippen LogP contribution in [0.15, 0.2) is 18.2 Å². The highest BCUT2D eigenvalue weighted by atomic mass is 31.2. The lowest BCUT2D eigenvalue weighted by molar-refractivity contribution is -0.137. The van der Waals surface area contributed by atoms with Gasteiger partial charge in [-0.05, 0) is 88.0 Å². The number of hydrogen-bond acceptors (Lipinski definition) is 4. The molecular weight excluding hydrogens is 526 g/mol. The lowest BCUT2D eigenvalue weighted by Gasteiger charge is -2.63. The largest absolute Gasteiger partial charge is 0.416 e. The molecule has 0 radical (unpaired) electrons. The summed E-state index contributed by atoms with van der Waals surface area (Å²) in [6, 6.07) is 4.05. The molecule has 3 saturated carbocycles. The second kappa shape index (κ2) is 8.34. The molecule has 2 aromatic rings. The number of carbonyl (C=O) groups is 1. The number of halogens is 3. The summed E-state index contributed by atoms with van der Waals surface area (Å²) in [4.78, 5) is 21.6. The fourth-order valence-corrected chi connectivity index (χ4v) is 8.53. The van der Waals surface area contributed by atoms with Crippen LogP contribution in [-0.2, 0) is 17.2 Å². The number of amides is 2. The lowest BCUT2D eigenvalue weighted by Crippen LogP contribution is -2.70. The second-order valence-corrected chi connectivity index (χ2v) is 16.9. The molecule has 0 atom stereocenters. The van der Waals surface area contributed by atoms with Gasteiger partial charge >= 0.3 is 12.2 Å². The third-order valence-corrected chi connectivity index (χ3v) is 11.3. The van der Waals surface area contributed by atoms with Crippen LogP contribution >= 0.6 is 7.14 Å². The molecule has 0 bridgehead atoms. The molecule has 1 N–H and O–H groups in total. The Labute approximate surface area is 226 Å². The molecule has 39 heavy (non-hydrogen) atoms. The first-order valence-corrected chi connectivity index (χ1v) is 16.6. The van der Waals surface area contributed by atoms with Gasteiger partial charge in [-0.2, -0.15) is 18.3 Å². The Kier molecular flexibility index (Phi) is 5.47. The SMILES string of the molecule is CP(C)(=O)c1cc(CC2CC3(C2)CN(C(=O)N2CC4(CC(c5n[nH]c(C6CC6)n5)C4)C2)C3)cc(C(F)(F)F)c1. The van der Waals surface area contributed by atoms with E-state index in [0.29, 0.717) is 29.7 Å². The van der Waals surface area contributed by atoms with Gasteiger partial charge in [-0.3, -0.25) is 5.10 Å². The Balaban J connectivity index is 0.879. The lowest BCUT2D eigenvalue weighted by atomic mass is 9.56. The fraction of sp³-hybridized carbons (Fsp3) is 0.679. The smallest absolute Gasteiger partial charge is 0.323 e. The number of nitrogens with zero attached hydrogens (tertiary/aromatic N) is 4.